The quantitative estimate of drug-likeness (QED) is 0.0539. The molecule has 3 unspecified atom stereocenters. The molecule has 19 aromatic rings. The van der Waals surface area contributed by atoms with E-state index in [0.29, 0.717) is 0 Å². The molecule has 554 valence electrons. The number of nitrogens with zero attached hydrogens (tertiary/aromatic N) is 6. The number of pyridine rings is 3. The Labute approximate surface area is 680 Å². The summed E-state index contributed by atoms with van der Waals surface area (Å²) in [5.74, 6) is 1.68. The van der Waals surface area contributed by atoms with Gasteiger partial charge in [-0.15, -0.1) is 0 Å². The second-order valence-corrected chi connectivity index (χ2v) is 34.7. The minimum Gasteiger partial charge on any atom is -0.374 e. The zero-order valence-corrected chi connectivity index (χ0v) is 66.1. The van der Waals surface area contributed by atoms with Crippen LogP contribution in [0.25, 0.3) is 143 Å². The standard InChI is InChI=1S/C109H78N7P/c1-66-94-86-46-27-28-47-90(86)110-102(72-30-13-6-14-31-72)98(94)67(2)95-87-59-52-79(63-91(87)111-103(99(66)95)73-32-15-7-16-33-73)70-48-55-84(56-49-70)117(5,83-44-25-12-26-45-83)85-57-50-71(51-58-85)80-53-60-88-92(64-80)112-104(74-34-17-8-18-35-74)100-69(4)97-89-61-54-81(65-93(89)113-105(75-36-19-9-20-37-75)101(97)68(3)96(88)100)78-42-29-43-82(62-78)107-114-108(77-40-23-11-24-41-77)116-106(109(116)115-107)76-38-21-10-22-39-76/h6-65,103,106,109,111H,5H2,1-4H3/t103-,106?,109?,116?,117?/m1/s1. The Bertz CT molecular complexity index is 7380. The van der Waals surface area contributed by atoms with E-state index in [2.05, 4.69) is 402 Å². The predicted molar refractivity (Wildman–Crippen MR) is 494 cm³/mol. The SMILES string of the molecule is C=P(c1ccccc1)(c1ccc(-c2ccc3c(c2)N[C@H](c2ccccc2)c2c-3c(C)c3c(-c4ccccc4)nc4ccccc4c3c2C)cc1)c1ccc(-c2ccc3c(c2)nc(-c2ccccc2)c2c(C)c4c(c(-c5ccccc5)nc5cc(-c6cccc(C7=NC8C(c9ccccc9)N8C(c8ccccc8)=N7)c6)ccc54)c(C)c23)cc1. The van der Waals surface area contributed by atoms with E-state index in [9.17, 15) is 0 Å². The van der Waals surface area contributed by atoms with Crippen LogP contribution < -0.4 is 21.2 Å². The number of para-hydroxylation sites is 1. The highest BCUT2D eigenvalue weighted by Gasteiger charge is 2.53. The second-order valence-electron chi connectivity index (χ2n) is 31.5. The Morgan fingerprint density at radius 1 is 0.316 bits per heavy atom. The number of fused-ring (bicyclic) bond motifs is 13. The summed E-state index contributed by atoms with van der Waals surface area (Å²) < 4.78 is 0. The van der Waals surface area contributed by atoms with Gasteiger partial charge in [0.15, 0.2) is 5.84 Å². The molecule has 3 aliphatic heterocycles. The van der Waals surface area contributed by atoms with E-state index < -0.39 is 6.89 Å². The number of aryl methyl sites for hydroxylation is 4. The van der Waals surface area contributed by atoms with Crippen molar-refractivity contribution in [2.75, 3.05) is 5.32 Å². The summed E-state index contributed by atoms with van der Waals surface area (Å²) in [7, 11) is 0. The maximum Gasteiger partial charge on any atom is 0.159 e. The number of aromatic nitrogens is 3. The van der Waals surface area contributed by atoms with Crippen LogP contribution in [-0.2, 0) is 0 Å². The average molecular weight is 1520 g/mol. The van der Waals surface area contributed by atoms with Crippen LogP contribution in [0.5, 0.6) is 0 Å². The van der Waals surface area contributed by atoms with E-state index in [1.807, 2.05) is 0 Å². The van der Waals surface area contributed by atoms with E-state index in [0.717, 1.165) is 134 Å². The Kier molecular flexibility index (Phi) is 16.5. The topological polar surface area (TPSA) is 78.4 Å². The van der Waals surface area contributed by atoms with Crippen LogP contribution in [0, 0.1) is 27.7 Å². The first kappa shape index (κ1) is 69.5. The molecule has 8 heteroatoms. The Balaban J connectivity index is 0.619. The molecule has 0 bridgehead atoms. The van der Waals surface area contributed by atoms with E-state index in [-0.39, 0.29) is 18.2 Å². The Morgan fingerprint density at radius 3 is 1.27 bits per heavy atom. The molecule has 0 amide bonds. The van der Waals surface area contributed by atoms with Gasteiger partial charge in [-0.1, -0.05) is 340 Å². The largest absolute Gasteiger partial charge is 0.374 e. The van der Waals surface area contributed by atoms with Crippen molar-refractivity contribution in [1.82, 2.24) is 19.9 Å². The molecule has 6 heterocycles. The van der Waals surface area contributed by atoms with Gasteiger partial charge in [-0.3, -0.25) is 0 Å². The average Bonchev–Trinajstić information content (AvgIpc) is 1.42. The number of amidine groups is 2. The first-order valence-corrected chi connectivity index (χ1v) is 42.3. The predicted octanol–water partition coefficient (Wildman–Crippen LogP) is 25.5. The lowest BCUT2D eigenvalue weighted by Gasteiger charge is -2.34. The van der Waals surface area contributed by atoms with Crippen molar-refractivity contribution in [3.63, 3.8) is 0 Å². The molecule has 1 saturated heterocycles. The molecule has 3 aliphatic rings. The summed E-state index contributed by atoms with van der Waals surface area (Å²) in [4.78, 5) is 30.0. The Hall–Kier alpha value is -14.2. The van der Waals surface area contributed by atoms with Gasteiger partial charge in [0.05, 0.1) is 45.7 Å². The minimum atomic E-state index is -2.44. The molecular weight excluding hydrogens is 1440 g/mol. The third kappa shape index (κ3) is 11.4. The molecule has 0 saturated carbocycles. The van der Waals surface area contributed by atoms with Gasteiger partial charge in [0, 0.05) is 71.4 Å². The summed E-state index contributed by atoms with van der Waals surface area (Å²) in [6.45, 7) is 6.81. The number of hydrogen-bond acceptors (Lipinski definition) is 7. The van der Waals surface area contributed by atoms with Crippen molar-refractivity contribution in [2.24, 2.45) is 9.98 Å². The number of benzene rings is 16. The second kappa shape index (κ2) is 27.8. The number of hydrogen-bond donors (Lipinski definition) is 1. The number of nitrogens with one attached hydrogen (secondary N) is 1. The molecule has 0 spiro atoms. The number of rotatable bonds is 13. The van der Waals surface area contributed by atoms with Gasteiger partial charge in [-0.25, -0.2) is 24.9 Å². The lowest BCUT2D eigenvalue weighted by Crippen LogP contribution is -2.25. The highest BCUT2D eigenvalue weighted by atomic mass is 31.2. The fourth-order valence-electron chi connectivity index (χ4n) is 19.2. The fourth-order valence-corrected chi connectivity index (χ4v) is 22.1. The molecule has 7 nitrogen and oxygen atoms in total. The van der Waals surface area contributed by atoms with Crippen LogP contribution >= 0.6 is 6.89 Å². The van der Waals surface area contributed by atoms with Crippen molar-refractivity contribution in [2.45, 2.75) is 45.9 Å². The monoisotopic (exact) mass is 1520 g/mol. The number of anilines is 1. The minimum absolute atomic E-state index is 0.0352. The van der Waals surface area contributed by atoms with Crippen LogP contribution in [0.1, 0.15) is 62.2 Å². The zero-order valence-electron chi connectivity index (χ0n) is 65.2. The Morgan fingerprint density at radius 2 is 0.718 bits per heavy atom. The van der Waals surface area contributed by atoms with Crippen molar-refractivity contribution < 1.29 is 0 Å². The maximum atomic E-state index is 5.78. The molecule has 0 aliphatic carbocycles. The molecule has 4 atom stereocenters. The molecule has 0 radical (unpaired) electrons. The van der Waals surface area contributed by atoms with Crippen LogP contribution in [0.3, 0.4) is 0 Å². The molecule has 1 fully saturated rings. The lowest BCUT2D eigenvalue weighted by atomic mass is 9.77. The fraction of sp³-hybridized carbons (Fsp3) is 0.0642. The van der Waals surface area contributed by atoms with Gasteiger partial charge in [0.1, 0.15) is 12.0 Å². The summed E-state index contributed by atoms with van der Waals surface area (Å²) in [5.41, 5.74) is 29.9. The molecule has 3 aromatic heterocycles. The molecular formula is C109H78N7P. The van der Waals surface area contributed by atoms with Crippen molar-refractivity contribution in [1.29, 1.82) is 0 Å². The van der Waals surface area contributed by atoms with Gasteiger partial charge in [0.2, 0.25) is 0 Å². The third-order valence-electron chi connectivity index (χ3n) is 24.9. The molecule has 1 N–H and O–H groups in total. The lowest BCUT2D eigenvalue weighted by molar-refractivity contribution is 0.708. The van der Waals surface area contributed by atoms with Gasteiger partial charge < -0.3 is 10.2 Å². The highest BCUT2D eigenvalue weighted by molar-refractivity contribution is 7.93. The first-order valence-electron chi connectivity index (χ1n) is 40.4. The van der Waals surface area contributed by atoms with Gasteiger partial charge in [-0.05, 0) is 175 Å². The summed E-state index contributed by atoms with van der Waals surface area (Å²) in [5, 5.41) is 18.2. The van der Waals surface area contributed by atoms with Gasteiger partial charge >= 0.3 is 0 Å². The van der Waals surface area contributed by atoms with Gasteiger partial charge in [0.25, 0.3) is 0 Å². The van der Waals surface area contributed by atoms with Crippen molar-refractivity contribution >= 4 is 111 Å². The zero-order chi connectivity index (χ0) is 78.1. The van der Waals surface area contributed by atoms with Crippen molar-refractivity contribution in [3.05, 3.63) is 414 Å². The van der Waals surface area contributed by atoms with Crippen LogP contribution in [-0.4, -0.2) is 44.0 Å². The smallest absolute Gasteiger partial charge is 0.159 e. The molecule has 22 rings (SSSR count). The molecule has 117 heavy (non-hydrogen) atoms. The normalized spacial score (nSPS) is 15.4. The van der Waals surface area contributed by atoms with E-state index in [4.69, 9.17) is 31.2 Å². The van der Waals surface area contributed by atoms with Crippen LogP contribution in [0.4, 0.5) is 5.69 Å². The summed E-state index contributed by atoms with van der Waals surface area (Å²) in [6.07, 6.45) is 5.26. The van der Waals surface area contributed by atoms with E-state index in [1.165, 1.54) is 92.9 Å². The van der Waals surface area contributed by atoms with E-state index in [1.54, 1.807) is 0 Å². The van der Waals surface area contributed by atoms with Crippen molar-refractivity contribution in [3.8, 4) is 78.3 Å². The third-order valence-corrected chi connectivity index (χ3v) is 28.4. The first-order chi connectivity index (χ1) is 57.6. The van der Waals surface area contributed by atoms with Crippen LogP contribution in [0.2, 0.25) is 0 Å². The highest BCUT2D eigenvalue weighted by Crippen LogP contribution is 2.54. The number of aliphatic imine (C=N–C) groups is 2. The molecule has 16 aromatic carbocycles. The van der Waals surface area contributed by atoms with E-state index >= 15 is 0 Å². The van der Waals surface area contributed by atoms with Gasteiger partial charge in [-0.2, -0.15) is 0 Å². The maximum absolute atomic E-state index is 5.78. The summed E-state index contributed by atoms with van der Waals surface area (Å²) >= 11 is 0. The van der Waals surface area contributed by atoms with Crippen LogP contribution in [0.15, 0.2) is 374 Å². The summed E-state index contributed by atoms with van der Waals surface area (Å²) in [6, 6.07) is 132.